The van der Waals surface area contributed by atoms with Gasteiger partial charge in [-0.15, -0.1) is 0 Å². The number of carboxylic acid groups (broad SMARTS) is 1. The van der Waals surface area contributed by atoms with E-state index in [4.69, 9.17) is 16.7 Å². The van der Waals surface area contributed by atoms with Crippen LogP contribution in [0.1, 0.15) is 18.8 Å². The first-order chi connectivity index (χ1) is 12.7. The van der Waals surface area contributed by atoms with Gasteiger partial charge >= 0.3 is 6.09 Å². The topological polar surface area (TPSA) is 84.2 Å². The SMILES string of the molecule is CC(NC(=O)O)c1nc2c(F)ccc(Cl)c2c(=O)n1-c1cc(F)cc(F)c1. The van der Waals surface area contributed by atoms with Gasteiger partial charge in [-0.05, 0) is 31.2 Å². The van der Waals surface area contributed by atoms with Gasteiger partial charge in [-0.2, -0.15) is 0 Å². The molecular weight excluding hydrogens is 387 g/mol. The summed E-state index contributed by atoms with van der Waals surface area (Å²) >= 11 is 5.99. The Balaban J connectivity index is 2.45. The summed E-state index contributed by atoms with van der Waals surface area (Å²) in [4.78, 5) is 28.0. The number of hydrogen-bond acceptors (Lipinski definition) is 3. The molecule has 1 aromatic heterocycles. The molecule has 6 nitrogen and oxygen atoms in total. The number of aromatic nitrogens is 2. The Morgan fingerprint density at radius 2 is 1.85 bits per heavy atom. The Morgan fingerprint density at radius 1 is 1.22 bits per heavy atom. The first-order valence-corrected chi connectivity index (χ1v) is 7.93. The maximum Gasteiger partial charge on any atom is 0.405 e. The van der Waals surface area contributed by atoms with E-state index >= 15 is 0 Å². The van der Waals surface area contributed by atoms with Crippen molar-refractivity contribution in [1.29, 1.82) is 0 Å². The fraction of sp³-hybridized carbons (Fsp3) is 0.118. The summed E-state index contributed by atoms with van der Waals surface area (Å²) in [5.41, 5.74) is -1.53. The second-order valence-corrected chi connectivity index (χ2v) is 6.07. The van der Waals surface area contributed by atoms with Crippen LogP contribution in [0.3, 0.4) is 0 Å². The Bertz CT molecular complexity index is 1110. The summed E-state index contributed by atoms with van der Waals surface area (Å²) in [5.74, 6) is -3.05. The lowest BCUT2D eigenvalue weighted by Gasteiger charge is -2.19. The van der Waals surface area contributed by atoms with Crippen LogP contribution in [0.2, 0.25) is 5.02 Å². The number of rotatable bonds is 3. The van der Waals surface area contributed by atoms with Crippen molar-refractivity contribution in [1.82, 2.24) is 14.9 Å². The van der Waals surface area contributed by atoms with E-state index in [-0.39, 0.29) is 27.4 Å². The molecule has 3 rings (SSSR count). The molecule has 27 heavy (non-hydrogen) atoms. The van der Waals surface area contributed by atoms with Gasteiger partial charge in [-0.25, -0.2) is 22.9 Å². The van der Waals surface area contributed by atoms with Gasteiger partial charge in [-0.3, -0.25) is 9.36 Å². The summed E-state index contributed by atoms with van der Waals surface area (Å²) in [6, 6.07) is 3.38. The normalized spacial score (nSPS) is 12.2. The van der Waals surface area contributed by atoms with E-state index in [2.05, 4.69) is 10.3 Å². The van der Waals surface area contributed by atoms with Crippen LogP contribution in [0.5, 0.6) is 0 Å². The minimum Gasteiger partial charge on any atom is -0.465 e. The third-order valence-electron chi connectivity index (χ3n) is 3.78. The van der Waals surface area contributed by atoms with Crippen molar-refractivity contribution in [2.45, 2.75) is 13.0 Å². The molecule has 0 bridgehead atoms. The van der Waals surface area contributed by atoms with Crippen LogP contribution in [-0.2, 0) is 0 Å². The van der Waals surface area contributed by atoms with Gasteiger partial charge in [0.2, 0.25) is 0 Å². The van der Waals surface area contributed by atoms with E-state index in [0.29, 0.717) is 6.07 Å². The first kappa shape index (κ1) is 18.7. The molecule has 0 aliphatic rings. The van der Waals surface area contributed by atoms with E-state index in [1.807, 2.05) is 0 Å². The molecule has 2 N–H and O–H groups in total. The van der Waals surface area contributed by atoms with E-state index in [9.17, 15) is 22.8 Å². The standard InChI is InChI=1S/C17H11ClF3N3O3/c1-7(22-17(26)27)15-23-14-12(21)3-2-11(18)13(14)16(25)24(15)10-5-8(19)4-9(20)6-10/h2-7,22H,1H3,(H,26,27). The van der Waals surface area contributed by atoms with E-state index in [1.54, 1.807) is 0 Å². The maximum absolute atomic E-state index is 14.2. The average Bonchev–Trinajstić information content (AvgIpc) is 2.56. The number of amides is 1. The van der Waals surface area contributed by atoms with Gasteiger partial charge in [0.1, 0.15) is 28.8 Å². The molecule has 0 saturated heterocycles. The summed E-state index contributed by atoms with van der Waals surface area (Å²) in [7, 11) is 0. The molecule has 2 aromatic carbocycles. The highest BCUT2D eigenvalue weighted by Gasteiger charge is 2.22. The highest BCUT2D eigenvalue weighted by molar-refractivity contribution is 6.35. The fourth-order valence-electron chi connectivity index (χ4n) is 2.69. The van der Waals surface area contributed by atoms with Crippen LogP contribution in [0, 0.1) is 17.5 Å². The Morgan fingerprint density at radius 3 is 2.44 bits per heavy atom. The predicted molar refractivity (Wildman–Crippen MR) is 91.8 cm³/mol. The summed E-state index contributed by atoms with van der Waals surface area (Å²) < 4.78 is 42.3. The summed E-state index contributed by atoms with van der Waals surface area (Å²) in [5, 5.41) is 10.6. The number of hydrogen-bond donors (Lipinski definition) is 2. The summed E-state index contributed by atoms with van der Waals surface area (Å²) in [6.07, 6.45) is -1.43. The lowest BCUT2D eigenvalue weighted by Crippen LogP contribution is -2.32. The van der Waals surface area contributed by atoms with Gasteiger partial charge in [0.15, 0.2) is 0 Å². The van der Waals surface area contributed by atoms with Crippen LogP contribution in [0.4, 0.5) is 18.0 Å². The Hall–Kier alpha value is -3.07. The molecule has 0 radical (unpaired) electrons. The Labute approximate surface area is 154 Å². The molecule has 0 fully saturated rings. The second kappa shape index (κ2) is 6.92. The number of halogens is 4. The highest BCUT2D eigenvalue weighted by atomic mass is 35.5. The molecule has 1 heterocycles. The second-order valence-electron chi connectivity index (χ2n) is 5.66. The molecule has 1 amide bonds. The lowest BCUT2D eigenvalue weighted by atomic mass is 10.2. The molecule has 0 spiro atoms. The molecule has 1 unspecified atom stereocenters. The van der Waals surface area contributed by atoms with Crippen LogP contribution in [-0.4, -0.2) is 20.8 Å². The fourth-order valence-corrected chi connectivity index (χ4v) is 2.93. The molecule has 1 atom stereocenters. The first-order valence-electron chi connectivity index (χ1n) is 7.55. The van der Waals surface area contributed by atoms with Crippen molar-refractivity contribution < 1.29 is 23.1 Å². The molecule has 10 heteroatoms. The number of fused-ring (bicyclic) bond motifs is 1. The zero-order valence-electron chi connectivity index (χ0n) is 13.6. The van der Waals surface area contributed by atoms with Gasteiger partial charge in [0.05, 0.1) is 22.1 Å². The highest BCUT2D eigenvalue weighted by Crippen LogP contribution is 2.25. The summed E-state index contributed by atoms with van der Waals surface area (Å²) in [6.45, 7) is 1.34. The predicted octanol–water partition coefficient (Wildman–Crippen LogP) is 3.79. The maximum atomic E-state index is 14.2. The van der Waals surface area contributed by atoms with Crippen LogP contribution in [0.25, 0.3) is 16.6 Å². The van der Waals surface area contributed by atoms with Crippen molar-refractivity contribution in [3.8, 4) is 5.69 Å². The number of nitrogens with zero attached hydrogens (tertiary/aromatic N) is 2. The molecule has 0 saturated carbocycles. The van der Waals surface area contributed by atoms with E-state index in [1.165, 1.54) is 6.92 Å². The molecule has 0 aliphatic carbocycles. The Kier molecular flexibility index (Phi) is 4.79. The smallest absolute Gasteiger partial charge is 0.405 e. The van der Waals surface area contributed by atoms with Crippen molar-refractivity contribution in [3.05, 3.63) is 69.0 Å². The molecule has 3 aromatic rings. The van der Waals surface area contributed by atoms with Crippen molar-refractivity contribution in [3.63, 3.8) is 0 Å². The zero-order valence-corrected chi connectivity index (χ0v) is 14.4. The van der Waals surface area contributed by atoms with Crippen LogP contribution < -0.4 is 10.9 Å². The van der Waals surface area contributed by atoms with Crippen LogP contribution in [0.15, 0.2) is 35.1 Å². The quantitative estimate of drug-likeness (QED) is 0.704. The minimum absolute atomic E-state index is 0.111. The number of nitrogens with one attached hydrogen (secondary N) is 1. The lowest BCUT2D eigenvalue weighted by molar-refractivity contribution is 0.190. The van der Waals surface area contributed by atoms with E-state index < -0.39 is 35.1 Å². The van der Waals surface area contributed by atoms with Gasteiger partial charge < -0.3 is 10.4 Å². The number of benzene rings is 2. The minimum atomic E-state index is -1.43. The average molecular weight is 398 g/mol. The van der Waals surface area contributed by atoms with Crippen molar-refractivity contribution in [2.75, 3.05) is 0 Å². The monoisotopic (exact) mass is 397 g/mol. The van der Waals surface area contributed by atoms with Gasteiger partial charge in [0.25, 0.3) is 5.56 Å². The third kappa shape index (κ3) is 3.45. The molecular formula is C17H11ClF3N3O3. The van der Waals surface area contributed by atoms with Crippen molar-refractivity contribution in [2.24, 2.45) is 0 Å². The van der Waals surface area contributed by atoms with E-state index in [0.717, 1.165) is 28.8 Å². The largest absolute Gasteiger partial charge is 0.465 e. The van der Waals surface area contributed by atoms with Crippen LogP contribution >= 0.6 is 11.6 Å². The molecule has 140 valence electrons. The van der Waals surface area contributed by atoms with Crippen molar-refractivity contribution >= 4 is 28.6 Å². The molecule has 0 aliphatic heterocycles. The zero-order chi connectivity index (χ0) is 19.9. The van der Waals surface area contributed by atoms with Gasteiger partial charge in [0, 0.05) is 6.07 Å². The third-order valence-corrected chi connectivity index (χ3v) is 4.10. The number of carbonyl (C=O) groups is 1. The van der Waals surface area contributed by atoms with Gasteiger partial charge in [-0.1, -0.05) is 11.6 Å².